The van der Waals surface area contributed by atoms with Crippen molar-refractivity contribution in [1.82, 2.24) is 15.1 Å². The van der Waals surface area contributed by atoms with Gasteiger partial charge in [-0.15, -0.1) is 0 Å². The third-order valence-corrected chi connectivity index (χ3v) is 1.89. The van der Waals surface area contributed by atoms with Crippen molar-refractivity contribution in [2.45, 2.75) is 32.9 Å². The fourth-order valence-electron chi connectivity index (χ4n) is 1.20. The lowest BCUT2D eigenvalue weighted by atomic mass is 10.2. The van der Waals surface area contributed by atoms with Crippen LogP contribution in [0.4, 0.5) is 0 Å². The van der Waals surface area contributed by atoms with Gasteiger partial charge in [0.05, 0.1) is 17.9 Å². The fourth-order valence-corrected chi connectivity index (χ4v) is 1.20. The van der Waals surface area contributed by atoms with E-state index in [1.54, 1.807) is 0 Å². The molecule has 0 saturated carbocycles. The van der Waals surface area contributed by atoms with Crippen LogP contribution < -0.4 is 5.32 Å². The minimum absolute atomic E-state index is 0.0489. The maximum Gasteiger partial charge on any atom is 0.0762 e. The van der Waals surface area contributed by atoms with Crippen LogP contribution in [0.15, 0.2) is 12.3 Å². The molecule has 0 atom stereocenters. The molecule has 4 heteroatoms. The SMILES string of the molecule is Cn1ccc(CNCCOC(C)(C)C)n1. The Hall–Kier alpha value is -0.870. The molecule has 1 aromatic rings. The molecule has 0 saturated heterocycles. The minimum Gasteiger partial charge on any atom is -0.375 e. The predicted molar refractivity (Wildman–Crippen MR) is 60.6 cm³/mol. The largest absolute Gasteiger partial charge is 0.375 e. The third-order valence-electron chi connectivity index (χ3n) is 1.89. The van der Waals surface area contributed by atoms with Gasteiger partial charge in [0.15, 0.2) is 0 Å². The predicted octanol–water partition coefficient (Wildman–Crippen LogP) is 1.32. The highest BCUT2D eigenvalue weighted by atomic mass is 16.5. The van der Waals surface area contributed by atoms with Gasteiger partial charge in [-0.3, -0.25) is 4.68 Å². The average Bonchev–Trinajstić information content (AvgIpc) is 2.49. The Morgan fingerprint density at radius 2 is 2.20 bits per heavy atom. The van der Waals surface area contributed by atoms with Crippen LogP contribution in [-0.4, -0.2) is 28.5 Å². The molecule has 1 rings (SSSR count). The van der Waals surface area contributed by atoms with E-state index in [0.29, 0.717) is 0 Å². The summed E-state index contributed by atoms with van der Waals surface area (Å²) in [6.07, 6.45) is 1.95. The molecule has 0 fully saturated rings. The van der Waals surface area contributed by atoms with Crippen molar-refractivity contribution in [1.29, 1.82) is 0 Å². The first-order valence-corrected chi connectivity index (χ1v) is 5.30. The van der Waals surface area contributed by atoms with Gasteiger partial charge in [0.25, 0.3) is 0 Å². The summed E-state index contributed by atoms with van der Waals surface area (Å²) >= 11 is 0. The van der Waals surface area contributed by atoms with Gasteiger partial charge in [0.1, 0.15) is 0 Å². The lowest BCUT2D eigenvalue weighted by Crippen LogP contribution is -2.26. The van der Waals surface area contributed by atoms with Crippen LogP contribution in [0.1, 0.15) is 26.5 Å². The molecule has 0 spiro atoms. The standard InChI is InChI=1S/C11H21N3O/c1-11(2,3)15-8-6-12-9-10-5-7-14(4)13-10/h5,7,12H,6,8-9H2,1-4H3. The second kappa shape index (κ2) is 5.28. The van der Waals surface area contributed by atoms with Crippen LogP contribution in [0.3, 0.4) is 0 Å². The molecule has 0 unspecified atom stereocenters. The monoisotopic (exact) mass is 211 g/mol. The molecule has 0 aliphatic heterocycles. The molecule has 0 bridgehead atoms. The number of hydrogen-bond donors (Lipinski definition) is 1. The van der Waals surface area contributed by atoms with Crippen LogP contribution in [0.25, 0.3) is 0 Å². The topological polar surface area (TPSA) is 39.1 Å². The summed E-state index contributed by atoms with van der Waals surface area (Å²) in [6.45, 7) is 8.57. The molecule has 0 aliphatic carbocycles. The first-order valence-electron chi connectivity index (χ1n) is 5.30. The lowest BCUT2D eigenvalue weighted by molar-refractivity contribution is -0.000906. The molecular formula is C11H21N3O. The zero-order chi connectivity index (χ0) is 11.3. The summed E-state index contributed by atoms with van der Waals surface area (Å²) in [7, 11) is 1.92. The van der Waals surface area contributed by atoms with Crippen LogP contribution >= 0.6 is 0 Å². The van der Waals surface area contributed by atoms with E-state index in [2.05, 4.69) is 31.2 Å². The van der Waals surface area contributed by atoms with Gasteiger partial charge in [-0.1, -0.05) is 0 Å². The molecule has 1 heterocycles. The zero-order valence-corrected chi connectivity index (χ0v) is 10.1. The van der Waals surface area contributed by atoms with E-state index >= 15 is 0 Å². The Labute approximate surface area is 91.6 Å². The molecule has 1 aromatic heterocycles. The zero-order valence-electron chi connectivity index (χ0n) is 10.1. The van der Waals surface area contributed by atoms with E-state index in [1.807, 2.05) is 24.0 Å². The Morgan fingerprint density at radius 3 is 2.73 bits per heavy atom. The van der Waals surface area contributed by atoms with Crippen LogP contribution in [0, 0.1) is 0 Å². The van der Waals surface area contributed by atoms with Crippen molar-refractivity contribution >= 4 is 0 Å². The normalized spacial score (nSPS) is 12.0. The average molecular weight is 211 g/mol. The fraction of sp³-hybridized carbons (Fsp3) is 0.727. The molecule has 0 radical (unpaired) electrons. The van der Waals surface area contributed by atoms with E-state index in [0.717, 1.165) is 25.4 Å². The number of aryl methyl sites for hydroxylation is 1. The quantitative estimate of drug-likeness (QED) is 0.747. The van der Waals surface area contributed by atoms with E-state index < -0.39 is 0 Å². The van der Waals surface area contributed by atoms with Gasteiger partial charge in [0, 0.05) is 26.3 Å². The number of nitrogens with one attached hydrogen (secondary N) is 1. The van der Waals surface area contributed by atoms with Gasteiger partial charge in [0.2, 0.25) is 0 Å². The summed E-state index contributed by atoms with van der Waals surface area (Å²) in [5, 5.41) is 7.56. The summed E-state index contributed by atoms with van der Waals surface area (Å²) in [5.74, 6) is 0. The molecule has 86 valence electrons. The van der Waals surface area contributed by atoms with Crippen LogP contribution in [-0.2, 0) is 18.3 Å². The highest BCUT2D eigenvalue weighted by Crippen LogP contribution is 2.05. The smallest absolute Gasteiger partial charge is 0.0762 e. The number of nitrogens with zero attached hydrogens (tertiary/aromatic N) is 2. The van der Waals surface area contributed by atoms with E-state index in [1.165, 1.54) is 0 Å². The molecule has 4 nitrogen and oxygen atoms in total. The first-order chi connectivity index (χ1) is 6.97. The number of rotatable bonds is 5. The minimum atomic E-state index is -0.0489. The van der Waals surface area contributed by atoms with Crippen molar-refractivity contribution in [3.8, 4) is 0 Å². The van der Waals surface area contributed by atoms with Crippen molar-refractivity contribution < 1.29 is 4.74 Å². The van der Waals surface area contributed by atoms with E-state index in [-0.39, 0.29) is 5.60 Å². The second-order valence-corrected chi connectivity index (χ2v) is 4.62. The van der Waals surface area contributed by atoms with Crippen molar-refractivity contribution in [3.63, 3.8) is 0 Å². The highest BCUT2D eigenvalue weighted by molar-refractivity contribution is 4.97. The number of aromatic nitrogens is 2. The van der Waals surface area contributed by atoms with Gasteiger partial charge in [-0.05, 0) is 26.8 Å². The Balaban J connectivity index is 2.07. The summed E-state index contributed by atoms with van der Waals surface area (Å²) < 4.78 is 7.39. The molecule has 0 aromatic carbocycles. The van der Waals surface area contributed by atoms with Gasteiger partial charge in [-0.25, -0.2) is 0 Å². The van der Waals surface area contributed by atoms with Crippen molar-refractivity contribution in [2.75, 3.05) is 13.2 Å². The maximum atomic E-state index is 5.58. The Kier molecular flexibility index (Phi) is 4.29. The van der Waals surface area contributed by atoms with Crippen molar-refractivity contribution in [3.05, 3.63) is 18.0 Å². The first kappa shape index (κ1) is 12.2. The molecular weight excluding hydrogens is 190 g/mol. The van der Waals surface area contributed by atoms with Gasteiger partial charge < -0.3 is 10.1 Å². The molecule has 0 amide bonds. The summed E-state index contributed by atoms with van der Waals surface area (Å²) in [5.41, 5.74) is 1.01. The molecule has 15 heavy (non-hydrogen) atoms. The van der Waals surface area contributed by atoms with Crippen LogP contribution in [0.5, 0.6) is 0 Å². The van der Waals surface area contributed by atoms with E-state index in [9.17, 15) is 0 Å². The van der Waals surface area contributed by atoms with Crippen molar-refractivity contribution in [2.24, 2.45) is 7.05 Å². The van der Waals surface area contributed by atoms with E-state index in [4.69, 9.17) is 4.74 Å². The number of hydrogen-bond acceptors (Lipinski definition) is 3. The van der Waals surface area contributed by atoms with Crippen LogP contribution in [0.2, 0.25) is 0 Å². The lowest BCUT2D eigenvalue weighted by Gasteiger charge is -2.19. The molecule has 1 N–H and O–H groups in total. The Morgan fingerprint density at radius 1 is 1.47 bits per heavy atom. The third kappa shape index (κ3) is 5.54. The number of ether oxygens (including phenoxy) is 1. The summed E-state index contributed by atoms with van der Waals surface area (Å²) in [4.78, 5) is 0. The Bertz CT molecular complexity index is 288. The van der Waals surface area contributed by atoms with Gasteiger partial charge >= 0.3 is 0 Å². The van der Waals surface area contributed by atoms with Gasteiger partial charge in [-0.2, -0.15) is 5.10 Å². The molecule has 0 aliphatic rings. The second-order valence-electron chi connectivity index (χ2n) is 4.62. The maximum absolute atomic E-state index is 5.58. The summed E-state index contributed by atoms with van der Waals surface area (Å²) in [6, 6.07) is 2.01. The highest BCUT2D eigenvalue weighted by Gasteiger charge is 2.08.